The molecule has 2 aliphatic rings. The van der Waals surface area contributed by atoms with Crippen LogP contribution in [0.25, 0.3) is 5.76 Å². The fraction of sp³-hybridized carbons (Fsp3) is 0.290. The molecule has 7 nitrogen and oxygen atoms in total. The Kier molecular flexibility index (Phi) is 8.31. The number of morpholine rings is 1. The lowest BCUT2D eigenvalue weighted by Gasteiger charge is -2.31. The first-order valence-corrected chi connectivity index (χ1v) is 13.4. The van der Waals surface area contributed by atoms with Gasteiger partial charge in [0.15, 0.2) is 0 Å². The van der Waals surface area contributed by atoms with E-state index in [4.69, 9.17) is 21.1 Å². The third kappa shape index (κ3) is 6.17. The number of aliphatic hydroxyl groups is 1. The van der Waals surface area contributed by atoms with Crippen LogP contribution in [0.1, 0.15) is 28.3 Å². The van der Waals surface area contributed by atoms with Crippen LogP contribution in [0, 0.1) is 6.92 Å². The summed E-state index contributed by atoms with van der Waals surface area (Å²) in [6.45, 7) is 6.20. The second kappa shape index (κ2) is 12.0. The van der Waals surface area contributed by atoms with Crippen molar-refractivity contribution in [1.82, 2.24) is 9.80 Å². The van der Waals surface area contributed by atoms with Crippen molar-refractivity contribution in [3.05, 3.63) is 106 Å². The summed E-state index contributed by atoms with van der Waals surface area (Å²) in [5.41, 5.74) is 3.37. The number of Topliss-reactive ketones (excluding diaryl/α,β-unsaturated/α-hetero) is 1. The molecule has 1 N–H and O–H groups in total. The largest absolute Gasteiger partial charge is 0.507 e. The van der Waals surface area contributed by atoms with Crippen molar-refractivity contribution in [2.24, 2.45) is 0 Å². The van der Waals surface area contributed by atoms with Gasteiger partial charge in [0.05, 0.1) is 24.8 Å². The number of amides is 1. The second-order valence-electron chi connectivity index (χ2n) is 9.80. The number of aliphatic hydroxyl groups excluding tert-OH is 1. The van der Waals surface area contributed by atoms with E-state index in [1.807, 2.05) is 31.2 Å². The second-order valence-corrected chi connectivity index (χ2v) is 10.2. The van der Waals surface area contributed by atoms with Crippen LogP contribution >= 0.6 is 11.6 Å². The Balaban J connectivity index is 1.41. The van der Waals surface area contributed by atoms with Gasteiger partial charge in [0.1, 0.15) is 18.1 Å². The highest BCUT2D eigenvalue weighted by Crippen LogP contribution is 2.40. The van der Waals surface area contributed by atoms with Gasteiger partial charge in [0, 0.05) is 36.8 Å². The van der Waals surface area contributed by atoms with Crippen molar-refractivity contribution in [2.75, 3.05) is 39.4 Å². The number of likely N-dealkylation sites (tertiary alicyclic amines) is 1. The fourth-order valence-corrected chi connectivity index (χ4v) is 5.24. The molecule has 0 spiro atoms. The number of hydrogen-bond acceptors (Lipinski definition) is 6. The third-order valence-electron chi connectivity index (χ3n) is 7.08. The molecular formula is C31H31ClN2O5. The molecule has 1 amide bonds. The lowest BCUT2D eigenvalue weighted by atomic mass is 9.95. The van der Waals surface area contributed by atoms with Crippen LogP contribution in [0.2, 0.25) is 5.02 Å². The number of carbonyl (C=O) groups is 2. The molecule has 2 fully saturated rings. The predicted octanol–water partition coefficient (Wildman–Crippen LogP) is 4.98. The van der Waals surface area contributed by atoms with Crippen LogP contribution in [-0.4, -0.2) is 66.0 Å². The highest BCUT2D eigenvalue weighted by atomic mass is 35.5. The first kappa shape index (κ1) is 26.9. The highest BCUT2D eigenvalue weighted by Gasteiger charge is 2.46. The van der Waals surface area contributed by atoms with Gasteiger partial charge in [0.25, 0.3) is 11.7 Å². The van der Waals surface area contributed by atoms with E-state index in [-0.39, 0.29) is 11.3 Å². The lowest BCUT2D eigenvalue weighted by Crippen LogP contribution is -2.42. The number of benzene rings is 3. The molecule has 0 aromatic heterocycles. The maximum absolute atomic E-state index is 13.3. The number of rotatable bonds is 8. The van der Waals surface area contributed by atoms with Gasteiger partial charge in [0.2, 0.25) is 0 Å². The Bertz CT molecular complexity index is 1380. The van der Waals surface area contributed by atoms with Crippen molar-refractivity contribution in [3.63, 3.8) is 0 Å². The van der Waals surface area contributed by atoms with Crippen LogP contribution in [0.5, 0.6) is 5.75 Å². The Morgan fingerprint density at radius 1 is 1.00 bits per heavy atom. The van der Waals surface area contributed by atoms with Crippen molar-refractivity contribution >= 4 is 29.1 Å². The first-order valence-electron chi connectivity index (χ1n) is 13.0. The van der Waals surface area contributed by atoms with Gasteiger partial charge in [-0.2, -0.15) is 0 Å². The summed E-state index contributed by atoms with van der Waals surface area (Å²) < 4.78 is 11.3. The van der Waals surface area contributed by atoms with Crippen LogP contribution in [0.15, 0.2) is 78.4 Å². The van der Waals surface area contributed by atoms with Gasteiger partial charge in [-0.1, -0.05) is 53.6 Å². The maximum Gasteiger partial charge on any atom is 0.295 e. The van der Waals surface area contributed by atoms with E-state index < -0.39 is 17.7 Å². The normalized spacial score (nSPS) is 19.4. The van der Waals surface area contributed by atoms with E-state index in [1.165, 1.54) is 4.90 Å². The Labute approximate surface area is 233 Å². The smallest absolute Gasteiger partial charge is 0.295 e. The molecule has 3 aromatic carbocycles. The Morgan fingerprint density at radius 3 is 2.46 bits per heavy atom. The average Bonchev–Trinajstić information content (AvgIpc) is 3.20. The highest BCUT2D eigenvalue weighted by molar-refractivity contribution is 6.46. The van der Waals surface area contributed by atoms with Gasteiger partial charge in [-0.05, 0) is 54.4 Å². The van der Waals surface area contributed by atoms with Crippen molar-refractivity contribution < 1.29 is 24.2 Å². The quantitative estimate of drug-likeness (QED) is 0.244. The van der Waals surface area contributed by atoms with Crippen LogP contribution in [0.4, 0.5) is 0 Å². The molecule has 2 aliphatic heterocycles. The minimum atomic E-state index is -0.748. The summed E-state index contributed by atoms with van der Waals surface area (Å²) in [5, 5.41) is 11.8. The van der Waals surface area contributed by atoms with Gasteiger partial charge >= 0.3 is 0 Å². The monoisotopic (exact) mass is 546 g/mol. The van der Waals surface area contributed by atoms with E-state index in [9.17, 15) is 14.7 Å². The zero-order valence-electron chi connectivity index (χ0n) is 21.8. The molecule has 8 heteroatoms. The van der Waals surface area contributed by atoms with Crippen molar-refractivity contribution in [1.29, 1.82) is 0 Å². The predicted molar refractivity (Wildman–Crippen MR) is 150 cm³/mol. The molecule has 0 radical (unpaired) electrons. The number of nitrogens with zero attached hydrogens (tertiary/aromatic N) is 2. The van der Waals surface area contributed by atoms with E-state index in [1.54, 1.807) is 42.5 Å². The summed E-state index contributed by atoms with van der Waals surface area (Å²) in [6.07, 6.45) is 0. The van der Waals surface area contributed by atoms with E-state index >= 15 is 0 Å². The minimum Gasteiger partial charge on any atom is -0.507 e. The van der Waals surface area contributed by atoms with Gasteiger partial charge in [-0.15, -0.1) is 0 Å². The van der Waals surface area contributed by atoms with Crippen LogP contribution < -0.4 is 4.74 Å². The number of halogens is 1. The van der Waals surface area contributed by atoms with E-state index in [2.05, 4.69) is 11.0 Å². The first-order chi connectivity index (χ1) is 18.9. The summed E-state index contributed by atoms with van der Waals surface area (Å²) in [6, 6.07) is 21.3. The molecule has 2 heterocycles. The molecular weight excluding hydrogens is 516 g/mol. The van der Waals surface area contributed by atoms with Gasteiger partial charge in [-0.25, -0.2) is 0 Å². The summed E-state index contributed by atoms with van der Waals surface area (Å²) >= 11 is 6.28. The summed E-state index contributed by atoms with van der Waals surface area (Å²) in [4.78, 5) is 30.3. The van der Waals surface area contributed by atoms with Gasteiger partial charge in [-0.3, -0.25) is 14.5 Å². The fourth-order valence-electron chi connectivity index (χ4n) is 5.04. The van der Waals surface area contributed by atoms with Gasteiger partial charge < -0.3 is 19.5 Å². The molecule has 39 heavy (non-hydrogen) atoms. The standard InChI is InChI=1S/C31H31ClN2O5/c1-21-4-2-5-22(18-21)20-39-26-10-8-23(9-11-26)29(35)27-28(24-6-3-7-25(32)19-24)34(31(37)30(27)36)13-12-33-14-16-38-17-15-33/h2-11,18-19,28,35H,12-17,20H2,1H3. The van der Waals surface area contributed by atoms with Crippen LogP contribution in [-0.2, 0) is 20.9 Å². The zero-order valence-corrected chi connectivity index (χ0v) is 22.6. The Morgan fingerprint density at radius 2 is 1.74 bits per heavy atom. The van der Waals surface area contributed by atoms with Crippen LogP contribution in [0.3, 0.4) is 0 Å². The minimum absolute atomic E-state index is 0.0534. The number of aryl methyl sites for hydroxylation is 1. The average molecular weight is 547 g/mol. The molecule has 0 saturated carbocycles. The number of hydrogen-bond donors (Lipinski definition) is 1. The molecule has 1 atom stereocenters. The SMILES string of the molecule is Cc1cccc(COc2ccc(C(O)=C3C(=O)C(=O)N(CCN4CCOCC4)C3c3cccc(Cl)c3)cc2)c1. The molecule has 3 aromatic rings. The van der Waals surface area contributed by atoms with E-state index in [0.717, 1.165) is 24.2 Å². The lowest BCUT2D eigenvalue weighted by molar-refractivity contribution is -0.140. The summed E-state index contributed by atoms with van der Waals surface area (Å²) in [7, 11) is 0. The molecule has 0 aliphatic carbocycles. The number of ether oxygens (including phenoxy) is 2. The molecule has 1 unspecified atom stereocenters. The number of ketones is 1. The number of carbonyl (C=O) groups excluding carboxylic acids is 2. The topological polar surface area (TPSA) is 79.3 Å². The van der Waals surface area contributed by atoms with Crippen molar-refractivity contribution in [2.45, 2.75) is 19.6 Å². The third-order valence-corrected chi connectivity index (χ3v) is 7.32. The molecule has 202 valence electrons. The zero-order chi connectivity index (χ0) is 27.4. The summed E-state index contributed by atoms with van der Waals surface area (Å²) in [5.74, 6) is -0.935. The van der Waals surface area contributed by atoms with Crippen molar-refractivity contribution in [3.8, 4) is 5.75 Å². The maximum atomic E-state index is 13.3. The molecule has 2 saturated heterocycles. The molecule has 0 bridgehead atoms. The molecule has 5 rings (SSSR count). The van der Waals surface area contributed by atoms with E-state index in [0.29, 0.717) is 54.8 Å². The Hall–Kier alpha value is -3.65.